The van der Waals surface area contributed by atoms with E-state index < -0.39 is 166 Å². The van der Waals surface area contributed by atoms with Crippen molar-refractivity contribution in [2.45, 2.75) is 230 Å². The van der Waals surface area contributed by atoms with Gasteiger partial charge in [0.05, 0.1) is 48.8 Å². The molecule has 0 bridgehead atoms. The molecule has 0 aromatic heterocycles. The zero-order valence-corrected chi connectivity index (χ0v) is 54.4. The first kappa shape index (κ1) is 72.7. The molecule has 22 atom stereocenters. The third-order valence-electron chi connectivity index (χ3n) is 22.3. The Labute approximate surface area is 529 Å². The van der Waals surface area contributed by atoms with Crippen LogP contribution in [0.4, 0.5) is 0 Å². The van der Waals surface area contributed by atoms with Crippen LogP contribution in [0.15, 0.2) is 11.6 Å². The number of carbonyl (C=O) groups excluding carboxylic acids is 10. The monoisotopic (exact) mass is 1290 g/mol. The summed E-state index contributed by atoms with van der Waals surface area (Å²) in [6, 6.07) is -4.09. The Kier molecular flexibility index (Phi) is 22.7. The van der Waals surface area contributed by atoms with Crippen LogP contribution in [0.1, 0.15) is 145 Å². The molecule has 0 aromatic rings. The lowest BCUT2D eigenvalue weighted by atomic mass is 9.33. The third kappa shape index (κ3) is 14.1. The lowest BCUT2D eigenvalue weighted by molar-refractivity contribution is -0.369. The van der Waals surface area contributed by atoms with Gasteiger partial charge in [-0.05, 0) is 122 Å². The minimum Gasteiger partial charge on any atom is -0.469 e. The summed E-state index contributed by atoms with van der Waals surface area (Å²) in [5.74, 6) is -8.39. The van der Waals surface area contributed by atoms with Gasteiger partial charge >= 0.3 is 35.8 Å². The molecule has 3 amide bonds. The highest BCUT2D eigenvalue weighted by molar-refractivity contribution is 5.96. The van der Waals surface area contributed by atoms with Crippen molar-refractivity contribution in [3.8, 4) is 0 Å². The van der Waals surface area contributed by atoms with Crippen LogP contribution in [-0.4, -0.2) is 213 Å². The van der Waals surface area contributed by atoms with Crippen LogP contribution in [0.2, 0.25) is 0 Å². The van der Waals surface area contributed by atoms with Crippen LogP contribution in [0.25, 0.3) is 0 Å². The fourth-order valence-electron chi connectivity index (χ4n) is 16.5. The Hall–Kier alpha value is -5.72. The molecule has 512 valence electrons. The number of fused-ring (bicyclic) bond motifs is 7. The van der Waals surface area contributed by atoms with Crippen LogP contribution in [0.3, 0.4) is 0 Å². The Morgan fingerprint density at radius 2 is 1.02 bits per heavy atom. The van der Waals surface area contributed by atoms with E-state index >= 15 is 4.79 Å². The molecule has 8 N–H and O–H groups in total. The number of rotatable bonds is 22. The van der Waals surface area contributed by atoms with Gasteiger partial charge in [-0.2, -0.15) is 0 Å². The molecule has 7 rings (SSSR count). The number of nitrogens with one attached hydrogen (secondary N) is 3. The Bertz CT molecular complexity index is 2800. The maximum atomic E-state index is 15.5. The molecule has 0 aromatic carbocycles. The third-order valence-corrected chi connectivity index (χ3v) is 22.3. The molecule has 2 heterocycles. The van der Waals surface area contributed by atoms with E-state index in [0.717, 1.165) is 46.9 Å². The second-order valence-corrected chi connectivity index (χ2v) is 27.7. The van der Waals surface area contributed by atoms with Gasteiger partial charge in [0.15, 0.2) is 30.6 Å². The van der Waals surface area contributed by atoms with Crippen LogP contribution < -0.4 is 16.0 Å². The predicted octanol–water partition coefficient (Wildman–Crippen LogP) is 0.825. The molecule has 2 aliphatic heterocycles. The summed E-state index contributed by atoms with van der Waals surface area (Å²) < 4.78 is 53.9. The van der Waals surface area contributed by atoms with E-state index in [1.165, 1.54) is 14.2 Å². The number of ketones is 1. The lowest BCUT2D eigenvalue weighted by Gasteiger charge is -2.70. The smallest absolute Gasteiger partial charge is 0.328 e. The minimum atomic E-state index is -2.22. The summed E-state index contributed by atoms with van der Waals surface area (Å²) in [6.07, 6.45) is -16.6. The molecule has 28 heteroatoms. The Morgan fingerprint density at radius 3 is 1.52 bits per heavy atom. The molecule has 2 saturated heterocycles. The first-order valence-electron chi connectivity index (χ1n) is 31.2. The standard InChI is InChI=1S/C63H95N3O25/c1-58(2)36-20-23-63(7)49(35(67)28-30-31-29-60(4,25-24-59(31,3)26-27-62(30,63)6)57(81)66-34(54(80)87-13)16-19-40(70)84-10)61(36,5)22-21-37(58)88-56-48(44(74)43(73)47(90-56)51(77)65-33(53(79)86-12)15-18-39(69)83-9)91-55-45(75)41(71)42(72)46(89-55)50(76)64-32(52(78)85-11)14-17-38(68)82-8/h28,31-34,36-37,41-49,55-56,71-75H,14-27,29H2,1-13H3,(H,64,76)(H,65,77)(H,66,81)/t31-,32+,33+,34-,36?,37-,41?,42?,43?,44?,45?,46?,47?,48?,49-,55?,56?,59-,60+,61+,62-,63-/m1/s1. The van der Waals surface area contributed by atoms with Crippen molar-refractivity contribution in [3.05, 3.63) is 11.6 Å². The molecule has 91 heavy (non-hydrogen) atoms. The summed E-state index contributed by atoms with van der Waals surface area (Å²) in [5.41, 5.74) is -2.85. The summed E-state index contributed by atoms with van der Waals surface area (Å²) in [4.78, 5) is 133. The fraction of sp³-hybridized carbons (Fsp3) is 0.810. The first-order chi connectivity index (χ1) is 42.6. The van der Waals surface area contributed by atoms with Crippen LogP contribution in [0.5, 0.6) is 0 Å². The van der Waals surface area contributed by atoms with E-state index in [0.29, 0.717) is 38.5 Å². The minimum absolute atomic E-state index is 0.0180. The number of allylic oxidation sites excluding steroid dienone is 2. The summed E-state index contributed by atoms with van der Waals surface area (Å²) in [6.45, 7) is 14.6. The fourth-order valence-corrected chi connectivity index (χ4v) is 16.5. The van der Waals surface area contributed by atoms with Gasteiger partial charge < -0.3 is 88.9 Å². The number of esters is 6. The van der Waals surface area contributed by atoms with Gasteiger partial charge in [-0.1, -0.05) is 54.0 Å². The molecule has 7 aliphatic rings. The zero-order valence-electron chi connectivity index (χ0n) is 54.4. The van der Waals surface area contributed by atoms with Crippen molar-refractivity contribution in [3.63, 3.8) is 0 Å². The zero-order chi connectivity index (χ0) is 67.7. The van der Waals surface area contributed by atoms with Gasteiger partial charge in [-0.3, -0.25) is 33.6 Å². The van der Waals surface area contributed by atoms with E-state index in [2.05, 4.69) is 48.4 Å². The number of aliphatic hydroxyl groups excluding tert-OH is 5. The first-order valence-corrected chi connectivity index (χ1v) is 31.2. The molecule has 28 nitrogen and oxygen atoms in total. The maximum Gasteiger partial charge on any atom is 0.328 e. The molecule has 4 saturated carbocycles. The Balaban J connectivity index is 1.18. The highest BCUT2D eigenvalue weighted by atomic mass is 16.8. The number of methoxy groups -OCH3 is 6. The van der Waals surface area contributed by atoms with E-state index in [4.69, 9.17) is 42.6 Å². The van der Waals surface area contributed by atoms with Gasteiger partial charge in [0, 0.05) is 30.6 Å². The average Bonchev–Trinajstić information content (AvgIpc) is 0.675. The molecule has 11 unspecified atom stereocenters. The molecule has 6 fully saturated rings. The van der Waals surface area contributed by atoms with E-state index in [9.17, 15) is 68.7 Å². The molecular weight excluding hydrogens is 1200 g/mol. The largest absolute Gasteiger partial charge is 0.469 e. The summed E-state index contributed by atoms with van der Waals surface area (Å²) in [5, 5.41) is 65.2. The predicted molar refractivity (Wildman–Crippen MR) is 312 cm³/mol. The van der Waals surface area contributed by atoms with Crippen molar-refractivity contribution >= 4 is 59.3 Å². The second kappa shape index (κ2) is 28.5. The second-order valence-electron chi connectivity index (χ2n) is 27.7. The number of aliphatic hydroxyl groups is 5. The average molecular weight is 1290 g/mol. The van der Waals surface area contributed by atoms with Gasteiger partial charge in [0.1, 0.15) is 54.7 Å². The number of ether oxygens (including phenoxy) is 10. The topological polar surface area (TPSA) is 400 Å². The van der Waals surface area contributed by atoms with Crippen molar-refractivity contribution in [1.82, 2.24) is 16.0 Å². The molecular formula is C63H95N3O25. The maximum absolute atomic E-state index is 15.5. The number of hydrogen-bond donors (Lipinski definition) is 8. The highest BCUT2D eigenvalue weighted by Gasteiger charge is 2.71. The lowest BCUT2D eigenvalue weighted by Crippen LogP contribution is -2.69. The van der Waals surface area contributed by atoms with Crippen LogP contribution in [0, 0.1) is 50.2 Å². The van der Waals surface area contributed by atoms with Crippen molar-refractivity contribution < 1.29 is 121 Å². The van der Waals surface area contributed by atoms with Gasteiger partial charge in [0.2, 0.25) is 5.91 Å². The number of carbonyl (C=O) groups is 10. The summed E-state index contributed by atoms with van der Waals surface area (Å²) >= 11 is 0. The molecule has 5 aliphatic carbocycles. The van der Waals surface area contributed by atoms with Crippen LogP contribution in [-0.2, 0) is 95.3 Å². The van der Waals surface area contributed by atoms with Gasteiger partial charge in [0.25, 0.3) is 11.8 Å². The summed E-state index contributed by atoms with van der Waals surface area (Å²) in [7, 11) is 6.76. The normalized spacial score (nSPS) is 38.3. The van der Waals surface area contributed by atoms with E-state index in [1.807, 2.05) is 26.8 Å². The molecule has 0 radical (unpaired) electrons. The van der Waals surface area contributed by atoms with E-state index in [1.54, 1.807) is 0 Å². The quantitative estimate of drug-likeness (QED) is 0.0423. The van der Waals surface area contributed by atoms with Gasteiger partial charge in [-0.25, -0.2) is 14.4 Å². The molecule has 0 spiro atoms. The highest BCUT2D eigenvalue weighted by Crippen LogP contribution is 2.75. The van der Waals surface area contributed by atoms with Crippen LogP contribution >= 0.6 is 0 Å². The Morgan fingerprint density at radius 1 is 0.549 bits per heavy atom. The van der Waals surface area contributed by atoms with Crippen molar-refractivity contribution in [2.75, 3.05) is 42.7 Å². The number of hydrogen-bond acceptors (Lipinski definition) is 25. The number of amides is 3. The van der Waals surface area contributed by atoms with Crippen molar-refractivity contribution in [2.24, 2.45) is 50.2 Å². The van der Waals surface area contributed by atoms with Crippen molar-refractivity contribution in [1.29, 1.82) is 0 Å². The van der Waals surface area contributed by atoms with E-state index in [-0.39, 0.29) is 73.9 Å². The van der Waals surface area contributed by atoms with Gasteiger partial charge in [-0.15, -0.1) is 0 Å². The SMILES string of the molecule is COC(=O)CC[C@H](NC(=O)C1OC(OC2C(O[C@@H]3CC[C@@]4(C)C(CC[C@]5(C)[C@@H]4C(=O)C=C4[C@H]6C[C@@](C)(C(=O)N[C@H](CCC(=O)OC)C(=O)OC)CC[C@]6(C)CC[C@]45C)C3(C)C)OC(C(=O)N[C@@H](CCC(=O)OC)C(=O)OC)C(O)C2O)C(O)C(O)C1O)C(=O)OC.